The summed E-state index contributed by atoms with van der Waals surface area (Å²) in [5.41, 5.74) is 1.14. The van der Waals surface area contributed by atoms with Gasteiger partial charge in [0.05, 0.1) is 6.10 Å². The van der Waals surface area contributed by atoms with Gasteiger partial charge in [0, 0.05) is 64.3 Å². The van der Waals surface area contributed by atoms with Crippen molar-refractivity contribution in [1.82, 2.24) is 15.5 Å². The van der Waals surface area contributed by atoms with Crippen molar-refractivity contribution >= 4 is 6.03 Å². The first-order valence-electron chi connectivity index (χ1n) is 13.7. The van der Waals surface area contributed by atoms with Crippen molar-refractivity contribution in [2.24, 2.45) is 11.8 Å². The van der Waals surface area contributed by atoms with Crippen LogP contribution in [0, 0.1) is 11.8 Å². The summed E-state index contributed by atoms with van der Waals surface area (Å²) in [7, 11) is 1.86. The second kappa shape index (κ2) is 14.8. The van der Waals surface area contributed by atoms with Crippen molar-refractivity contribution in [2.75, 3.05) is 46.5 Å². The van der Waals surface area contributed by atoms with Crippen LogP contribution in [-0.4, -0.2) is 69.4 Å². The Morgan fingerprint density at radius 2 is 1.92 bits per heavy atom. The third-order valence-electron chi connectivity index (χ3n) is 7.47. The number of alkyl halides is 2. The van der Waals surface area contributed by atoms with Gasteiger partial charge in [-0.05, 0) is 64.0 Å². The largest absolute Gasteiger partial charge is 0.382 e. The summed E-state index contributed by atoms with van der Waals surface area (Å²) in [6.45, 7) is 5.98. The molecule has 0 radical (unpaired) electrons. The molecule has 1 aromatic carbocycles. The van der Waals surface area contributed by atoms with E-state index in [-0.39, 0.29) is 42.9 Å². The molecule has 0 aromatic heterocycles. The number of carbonyl (C=O) groups is 1. The van der Waals surface area contributed by atoms with Crippen LogP contribution in [0.4, 0.5) is 13.6 Å². The second-order valence-electron chi connectivity index (χ2n) is 10.3. The number of ether oxygens (including phenoxy) is 2. The number of urea groups is 1. The summed E-state index contributed by atoms with van der Waals surface area (Å²) in [6, 6.07) is 10.1. The van der Waals surface area contributed by atoms with Crippen molar-refractivity contribution in [3.8, 4) is 0 Å². The van der Waals surface area contributed by atoms with Crippen molar-refractivity contribution in [3.63, 3.8) is 0 Å². The first-order valence-corrected chi connectivity index (χ1v) is 13.7. The highest BCUT2D eigenvalue weighted by molar-refractivity contribution is 5.74. The molecule has 204 valence electrons. The van der Waals surface area contributed by atoms with E-state index < -0.39 is 5.92 Å². The van der Waals surface area contributed by atoms with Gasteiger partial charge in [0.2, 0.25) is 5.92 Å². The highest BCUT2D eigenvalue weighted by atomic mass is 19.3. The van der Waals surface area contributed by atoms with E-state index in [1.807, 2.05) is 37.1 Å². The maximum absolute atomic E-state index is 13.6. The Morgan fingerprint density at radius 1 is 1.17 bits per heavy atom. The van der Waals surface area contributed by atoms with Crippen LogP contribution in [0.3, 0.4) is 0 Å². The number of likely N-dealkylation sites (N-methyl/N-ethyl adjacent to an activating group) is 1. The Bertz CT molecular complexity index is 758. The van der Waals surface area contributed by atoms with Crippen LogP contribution in [0.15, 0.2) is 30.3 Å². The van der Waals surface area contributed by atoms with Gasteiger partial charge >= 0.3 is 6.03 Å². The lowest BCUT2D eigenvalue weighted by atomic mass is 9.83. The molecule has 2 N–H and O–H groups in total. The quantitative estimate of drug-likeness (QED) is 0.350. The number of rotatable bonds is 13. The first-order chi connectivity index (χ1) is 17.4. The number of nitrogens with one attached hydrogen (secondary N) is 2. The molecule has 2 aliphatic rings. The van der Waals surface area contributed by atoms with Crippen molar-refractivity contribution in [1.29, 1.82) is 0 Å². The van der Waals surface area contributed by atoms with Gasteiger partial charge in [0.25, 0.3) is 0 Å². The third kappa shape index (κ3) is 9.27. The van der Waals surface area contributed by atoms with E-state index in [2.05, 4.69) is 22.8 Å². The number of hydrogen-bond acceptors (Lipinski definition) is 4. The standard InChI is InChI=1S/C28H45F2N3O3/c1-3-35-17-8-18-36-26(23-9-5-4-6-10-23)24-11-7-16-33(21-24)27(34)32-25(20-31-2)19-22-12-14-28(29,30)15-13-22/h4-6,9-10,22,24-26,31H,3,7-8,11-21H2,1-2H3,(H,32,34). The smallest absolute Gasteiger partial charge is 0.317 e. The summed E-state index contributed by atoms with van der Waals surface area (Å²) >= 11 is 0. The molecular weight excluding hydrogens is 464 g/mol. The van der Waals surface area contributed by atoms with Gasteiger partial charge in [-0.1, -0.05) is 30.3 Å². The van der Waals surface area contributed by atoms with Crippen molar-refractivity contribution in [2.45, 2.75) is 76.4 Å². The molecule has 3 rings (SSSR count). The number of amides is 2. The predicted octanol–water partition coefficient (Wildman–Crippen LogP) is 5.40. The average molecular weight is 510 g/mol. The van der Waals surface area contributed by atoms with Crippen LogP contribution in [0.2, 0.25) is 0 Å². The Balaban J connectivity index is 1.57. The van der Waals surface area contributed by atoms with E-state index in [4.69, 9.17) is 9.47 Å². The molecule has 1 heterocycles. The van der Waals surface area contributed by atoms with Crippen LogP contribution in [-0.2, 0) is 9.47 Å². The SMILES string of the molecule is CCOCCCOC(c1ccccc1)C1CCCN(C(=O)NC(CNC)CC2CCC(F)(F)CC2)C1. The Kier molecular flexibility index (Phi) is 11.9. The van der Waals surface area contributed by atoms with Gasteiger partial charge in [-0.3, -0.25) is 0 Å². The van der Waals surface area contributed by atoms with Crippen LogP contribution < -0.4 is 10.6 Å². The average Bonchev–Trinajstić information content (AvgIpc) is 2.88. The van der Waals surface area contributed by atoms with Gasteiger partial charge in [0.1, 0.15) is 0 Å². The molecule has 3 atom stereocenters. The van der Waals surface area contributed by atoms with Crippen LogP contribution in [0.1, 0.15) is 70.0 Å². The van der Waals surface area contributed by atoms with E-state index >= 15 is 0 Å². The Hall–Kier alpha value is -1.77. The van der Waals surface area contributed by atoms with Crippen LogP contribution in [0.5, 0.6) is 0 Å². The molecule has 1 aliphatic carbocycles. The molecule has 0 bridgehead atoms. The number of halogens is 2. The minimum atomic E-state index is -2.53. The molecule has 2 amide bonds. The van der Waals surface area contributed by atoms with Gasteiger partial charge in [-0.15, -0.1) is 0 Å². The monoisotopic (exact) mass is 509 g/mol. The summed E-state index contributed by atoms with van der Waals surface area (Å²) in [5.74, 6) is -2.09. The maximum Gasteiger partial charge on any atom is 0.317 e. The number of benzene rings is 1. The number of carbonyl (C=O) groups excluding carboxylic acids is 1. The number of hydrogen-bond donors (Lipinski definition) is 2. The fourth-order valence-electron chi connectivity index (χ4n) is 5.55. The Labute approximate surface area is 215 Å². The number of piperidine rings is 1. The third-order valence-corrected chi connectivity index (χ3v) is 7.47. The first kappa shape index (κ1) is 28.8. The van der Waals surface area contributed by atoms with Gasteiger partial charge < -0.3 is 25.0 Å². The number of likely N-dealkylation sites (tertiary alicyclic amines) is 1. The van der Waals surface area contributed by atoms with Gasteiger partial charge in [-0.2, -0.15) is 0 Å². The molecule has 1 saturated carbocycles. The lowest BCUT2D eigenvalue weighted by Gasteiger charge is -2.38. The highest BCUT2D eigenvalue weighted by Gasteiger charge is 2.36. The minimum Gasteiger partial charge on any atom is -0.382 e. The zero-order chi connectivity index (χ0) is 25.8. The molecule has 6 nitrogen and oxygen atoms in total. The zero-order valence-electron chi connectivity index (χ0n) is 22.0. The fraction of sp³-hybridized carbons (Fsp3) is 0.750. The van der Waals surface area contributed by atoms with Crippen molar-refractivity contribution in [3.05, 3.63) is 35.9 Å². The van der Waals surface area contributed by atoms with E-state index in [1.54, 1.807) is 0 Å². The second-order valence-corrected chi connectivity index (χ2v) is 10.3. The molecule has 2 fully saturated rings. The molecule has 8 heteroatoms. The number of nitrogens with zero attached hydrogens (tertiary/aromatic N) is 1. The van der Waals surface area contributed by atoms with Gasteiger partial charge in [-0.25, -0.2) is 13.6 Å². The highest BCUT2D eigenvalue weighted by Crippen LogP contribution is 2.38. The van der Waals surface area contributed by atoms with E-state index in [1.165, 1.54) is 0 Å². The van der Waals surface area contributed by atoms with Crippen LogP contribution in [0.25, 0.3) is 0 Å². The summed E-state index contributed by atoms with van der Waals surface area (Å²) in [4.78, 5) is 15.2. The normalized spacial score (nSPS) is 22.2. The predicted molar refractivity (Wildman–Crippen MR) is 138 cm³/mol. The summed E-state index contributed by atoms with van der Waals surface area (Å²) in [6.07, 6.45) is 4.39. The molecule has 36 heavy (non-hydrogen) atoms. The minimum absolute atomic E-state index is 0.0445. The topological polar surface area (TPSA) is 62.8 Å². The van der Waals surface area contributed by atoms with Gasteiger partial charge in [0.15, 0.2) is 0 Å². The van der Waals surface area contributed by atoms with E-state index in [9.17, 15) is 13.6 Å². The lowest BCUT2D eigenvalue weighted by molar-refractivity contribution is -0.0473. The molecule has 1 aromatic rings. The molecule has 0 spiro atoms. The van der Waals surface area contributed by atoms with Crippen LogP contribution >= 0.6 is 0 Å². The maximum atomic E-state index is 13.6. The van der Waals surface area contributed by atoms with E-state index in [0.717, 1.165) is 37.8 Å². The summed E-state index contributed by atoms with van der Waals surface area (Å²) < 4.78 is 39.0. The fourth-order valence-corrected chi connectivity index (χ4v) is 5.55. The lowest BCUT2D eigenvalue weighted by Crippen LogP contribution is -2.52. The van der Waals surface area contributed by atoms with Crippen molar-refractivity contribution < 1.29 is 23.0 Å². The Morgan fingerprint density at radius 3 is 2.61 bits per heavy atom. The zero-order valence-corrected chi connectivity index (χ0v) is 22.0. The molecule has 1 saturated heterocycles. The molecule has 1 aliphatic heterocycles. The van der Waals surface area contributed by atoms with E-state index in [0.29, 0.717) is 45.8 Å². The molecular formula is C28H45F2N3O3. The summed E-state index contributed by atoms with van der Waals surface area (Å²) in [5, 5.41) is 6.36. The molecule has 3 unspecified atom stereocenters.